The molecule has 2 N–H and O–H groups in total. The van der Waals surface area contributed by atoms with E-state index in [1.165, 1.54) is 23.2 Å². The Kier molecular flexibility index (Phi) is 4.04. The summed E-state index contributed by atoms with van der Waals surface area (Å²) in [5, 5.41) is 8.23. The number of benzene rings is 2. The summed E-state index contributed by atoms with van der Waals surface area (Å²) in [6.07, 6.45) is 2.35. The lowest BCUT2D eigenvalue weighted by atomic mass is 9.99. The van der Waals surface area contributed by atoms with E-state index in [4.69, 9.17) is 23.2 Å². The Morgan fingerprint density at radius 2 is 2.05 bits per heavy atom. The van der Waals surface area contributed by atoms with E-state index in [0.717, 1.165) is 25.2 Å². The summed E-state index contributed by atoms with van der Waals surface area (Å²) < 4.78 is 0. The first-order chi connectivity index (χ1) is 9.74. The number of rotatable bonds is 3. The Hall–Kier alpha value is -1.38. The topological polar surface area (TPSA) is 24.1 Å². The van der Waals surface area contributed by atoms with Crippen LogP contribution in [0.15, 0.2) is 36.4 Å². The average Bonchev–Trinajstić information content (AvgIpc) is 2.48. The maximum Gasteiger partial charge on any atom is 0.0638 e. The van der Waals surface area contributed by atoms with Gasteiger partial charge < -0.3 is 10.6 Å². The molecule has 0 fully saturated rings. The van der Waals surface area contributed by atoms with Crippen molar-refractivity contribution >= 4 is 34.6 Å². The minimum Gasteiger partial charge on any atom is -0.385 e. The number of aryl methyl sites for hydroxylation is 1. The molecule has 2 nitrogen and oxygen atoms in total. The molecule has 4 heteroatoms. The Morgan fingerprint density at radius 1 is 1.15 bits per heavy atom. The van der Waals surface area contributed by atoms with Crippen LogP contribution < -0.4 is 10.6 Å². The van der Waals surface area contributed by atoms with E-state index < -0.39 is 0 Å². The summed E-state index contributed by atoms with van der Waals surface area (Å²) >= 11 is 12.2. The van der Waals surface area contributed by atoms with Crippen LogP contribution in [0.4, 0.5) is 11.4 Å². The molecule has 1 heterocycles. The van der Waals surface area contributed by atoms with Crippen molar-refractivity contribution < 1.29 is 0 Å². The van der Waals surface area contributed by atoms with Crippen molar-refractivity contribution in [2.24, 2.45) is 0 Å². The number of anilines is 2. The van der Waals surface area contributed by atoms with E-state index in [-0.39, 0.29) is 0 Å². The molecular formula is C16H16Cl2N2. The third-order valence-corrected chi connectivity index (χ3v) is 4.12. The van der Waals surface area contributed by atoms with Crippen molar-refractivity contribution in [2.45, 2.75) is 19.4 Å². The van der Waals surface area contributed by atoms with Crippen LogP contribution in [0.25, 0.3) is 0 Å². The molecule has 0 saturated heterocycles. The summed E-state index contributed by atoms with van der Waals surface area (Å²) in [6.45, 7) is 1.78. The van der Waals surface area contributed by atoms with Gasteiger partial charge in [-0.05, 0) is 42.2 Å². The Bertz CT molecular complexity index is 626. The maximum absolute atomic E-state index is 6.17. The van der Waals surface area contributed by atoms with Crippen LogP contribution in [0.1, 0.15) is 17.5 Å². The van der Waals surface area contributed by atoms with Crippen molar-refractivity contribution in [1.82, 2.24) is 0 Å². The third-order valence-electron chi connectivity index (χ3n) is 3.56. The second kappa shape index (κ2) is 5.94. The van der Waals surface area contributed by atoms with Gasteiger partial charge in [0.2, 0.25) is 0 Å². The second-order valence-electron chi connectivity index (χ2n) is 4.96. The molecule has 0 aliphatic carbocycles. The van der Waals surface area contributed by atoms with Crippen LogP contribution in [0, 0.1) is 0 Å². The molecule has 2 aromatic carbocycles. The van der Waals surface area contributed by atoms with Crippen molar-refractivity contribution in [1.29, 1.82) is 0 Å². The van der Waals surface area contributed by atoms with Crippen molar-refractivity contribution in [3.63, 3.8) is 0 Å². The van der Waals surface area contributed by atoms with Gasteiger partial charge in [0.25, 0.3) is 0 Å². The van der Waals surface area contributed by atoms with Gasteiger partial charge >= 0.3 is 0 Å². The Morgan fingerprint density at radius 3 is 2.95 bits per heavy atom. The highest BCUT2D eigenvalue weighted by Gasteiger charge is 2.12. The monoisotopic (exact) mass is 306 g/mol. The van der Waals surface area contributed by atoms with Crippen molar-refractivity contribution in [3.05, 3.63) is 57.6 Å². The van der Waals surface area contributed by atoms with E-state index in [9.17, 15) is 0 Å². The smallest absolute Gasteiger partial charge is 0.0638 e. The predicted molar refractivity (Wildman–Crippen MR) is 87.0 cm³/mol. The largest absolute Gasteiger partial charge is 0.385 e. The van der Waals surface area contributed by atoms with E-state index >= 15 is 0 Å². The molecule has 0 aromatic heterocycles. The standard InChI is InChI=1S/C16H16Cl2N2/c17-13-6-7-14(18)15(9-13)20-10-12-4-1-3-11-5-2-8-19-16(11)12/h1,3-4,6-7,9,19-20H,2,5,8,10H2. The minimum atomic E-state index is 0.685. The van der Waals surface area contributed by atoms with E-state index in [2.05, 4.69) is 28.8 Å². The molecule has 2 aromatic rings. The van der Waals surface area contributed by atoms with E-state index in [1.807, 2.05) is 12.1 Å². The molecule has 1 aliphatic rings. The van der Waals surface area contributed by atoms with Gasteiger partial charge in [0, 0.05) is 23.8 Å². The third kappa shape index (κ3) is 2.87. The molecule has 0 radical (unpaired) electrons. The molecule has 1 aliphatic heterocycles. The van der Waals surface area contributed by atoms with Crippen LogP contribution in [0.5, 0.6) is 0 Å². The first kappa shape index (κ1) is 13.6. The fourth-order valence-corrected chi connectivity index (χ4v) is 2.91. The Labute approximate surface area is 129 Å². The number of halogens is 2. The number of nitrogens with one attached hydrogen (secondary N) is 2. The lowest BCUT2D eigenvalue weighted by molar-refractivity contribution is 0.825. The number of hydrogen-bond acceptors (Lipinski definition) is 2. The quantitative estimate of drug-likeness (QED) is 0.837. The normalized spacial score (nSPS) is 13.5. The fraction of sp³-hybridized carbons (Fsp3) is 0.250. The fourth-order valence-electron chi connectivity index (χ4n) is 2.55. The second-order valence-corrected chi connectivity index (χ2v) is 5.80. The van der Waals surface area contributed by atoms with Gasteiger partial charge in [0.05, 0.1) is 10.7 Å². The van der Waals surface area contributed by atoms with Gasteiger partial charge in [0.1, 0.15) is 0 Å². The zero-order valence-electron chi connectivity index (χ0n) is 11.0. The zero-order valence-corrected chi connectivity index (χ0v) is 12.6. The van der Waals surface area contributed by atoms with Crippen LogP contribution in [0.3, 0.4) is 0 Å². The Balaban J connectivity index is 1.80. The molecule has 20 heavy (non-hydrogen) atoms. The minimum absolute atomic E-state index is 0.685. The van der Waals surface area contributed by atoms with Crippen LogP contribution in [0.2, 0.25) is 10.0 Å². The molecule has 3 rings (SSSR count). The first-order valence-electron chi connectivity index (χ1n) is 6.77. The van der Waals surface area contributed by atoms with Gasteiger partial charge in [-0.15, -0.1) is 0 Å². The maximum atomic E-state index is 6.17. The average molecular weight is 307 g/mol. The van der Waals surface area contributed by atoms with Gasteiger partial charge in [-0.1, -0.05) is 41.4 Å². The van der Waals surface area contributed by atoms with Crippen molar-refractivity contribution in [3.8, 4) is 0 Å². The van der Waals surface area contributed by atoms with Gasteiger partial charge in [-0.2, -0.15) is 0 Å². The molecule has 0 bridgehead atoms. The summed E-state index contributed by atoms with van der Waals surface area (Å²) in [7, 11) is 0. The van der Waals surface area contributed by atoms with Crippen LogP contribution >= 0.6 is 23.2 Å². The number of para-hydroxylation sites is 1. The SMILES string of the molecule is Clc1ccc(Cl)c(NCc2cccc3c2NCCC3)c1. The molecule has 0 atom stereocenters. The summed E-state index contributed by atoms with van der Waals surface area (Å²) in [5.74, 6) is 0. The highest BCUT2D eigenvalue weighted by Crippen LogP contribution is 2.29. The van der Waals surface area contributed by atoms with Crippen LogP contribution in [-0.2, 0) is 13.0 Å². The predicted octanol–water partition coefficient (Wildman–Crippen LogP) is 4.96. The van der Waals surface area contributed by atoms with Gasteiger partial charge in [0.15, 0.2) is 0 Å². The highest BCUT2D eigenvalue weighted by molar-refractivity contribution is 6.35. The van der Waals surface area contributed by atoms with E-state index in [0.29, 0.717) is 10.0 Å². The molecule has 0 unspecified atom stereocenters. The van der Waals surface area contributed by atoms with Gasteiger partial charge in [-0.3, -0.25) is 0 Å². The summed E-state index contributed by atoms with van der Waals surface area (Å²) in [5.41, 5.74) is 4.79. The first-order valence-corrected chi connectivity index (χ1v) is 7.53. The van der Waals surface area contributed by atoms with Crippen molar-refractivity contribution in [2.75, 3.05) is 17.2 Å². The molecular weight excluding hydrogens is 291 g/mol. The molecule has 0 spiro atoms. The lowest BCUT2D eigenvalue weighted by Gasteiger charge is -2.21. The molecule has 0 saturated carbocycles. The number of hydrogen-bond donors (Lipinski definition) is 2. The number of fused-ring (bicyclic) bond motifs is 1. The summed E-state index contributed by atoms with van der Waals surface area (Å²) in [6, 6.07) is 11.9. The zero-order chi connectivity index (χ0) is 13.9. The van der Waals surface area contributed by atoms with Crippen LogP contribution in [-0.4, -0.2) is 6.54 Å². The lowest BCUT2D eigenvalue weighted by Crippen LogP contribution is -2.15. The molecule has 104 valence electrons. The summed E-state index contributed by atoms with van der Waals surface area (Å²) in [4.78, 5) is 0. The highest BCUT2D eigenvalue weighted by atomic mass is 35.5. The molecule has 0 amide bonds. The van der Waals surface area contributed by atoms with E-state index in [1.54, 1.807) is 6.07 Å². The van der Waals surface area contributed by atoms with Gasteiger partial charge in [-0.25, -0.2) is 0 Å².